The van der Waals surface area contributed by atoms with Crippen LogP contribution in [0.4, 0.5) is 5.82 Å². The molecule has 2 heterocycles. The van der Waals surface area contributed by atoms with Crippen LogP contribution in [0.1, 0.15) is 17.8 Å². The van der Waals surface area contributed by atoms with Crippen molar-refractivity contribution in [2.24, 2.45) is 0 Å². The second-order valence-electron chi connectivity index (χ2n) is 4.60. The second kappa shape index (κ2) is 5.10. The first kappa shape index (κ1) is 13.1. The summed E-state index contributed by atoms with van der Waals surface area (Å²) in [4.78, 5) is 24.2. The lowest BCUT2D eigenvalue weighted by Crippen LogP contribution is -2.35. The van der Waals surface area contributed by atoms with Gasteiger partial charge in [-0.3, -0.25) is 4.79 Å². The minimum atomic E-state index is 0.0867. The van der Waals surface area contributed by atoms with E-state index >= 15 is 0 Å². The first-order valence-electron chi connectivity index (χ1n) is 5.98. The van der Waals surface area contributed by atoms with Gasteiger partial charge in [-0.15, -0.1) is 0 Å². The van der Waals surface area contributed by atoms with Gasteiger partial charge in [0.25, 0.3) is 0 Å². The first-order chi connectivity index (χ1) is 8.49. The van der Waals surface area contributed by atoms with Crippen molar-refractivity contribution in [1.82, 2.24) is 14.9 Å². The van der Waals surface area contributed by atoms with Crippen LogP contribution in [-0.2, 0) is 4.79 Å². The predicted molar refractivity (Wildman–Crippen MR) is 71.0 cm³/mol. The molecule has 1 aromatic heterocycles. The smallest absolute Gasteiger partial charge is 0.241 e. The molecule has 1 aliphatic rings. The first-order valence-corrected chi connectivity index (χ1v) is 6.36. The van der Waals surface area contributed by atoms with Crippen molar-refractivity contribution in [3.05, 3.63) is 16.5 Å². The van der Waals surface area contributed by atoms with Gasteiger partial charge in [-0.25, -0.2) is 9.97 Å². The number of rotatable bonds is 1. The molecule has 0 radical (unpaired) electrons. The maximum absolute atomic E-state index is 11.9. The zero-order valence-electron chi connectivity index (χ0n) is 10.9. The Morgan fingerprint density at radius 3 is 2.56 bits per heavy atom. The van der Waals surface area contributed by atoms with Crippen molar-refractivity contribution in [2.45, 2.75) is 20.3 Å². The number of nitrogens with zero attached hydrogens (tertiary/aromatic N) is 4. The van der Waals surface area contributed by atoms with Gasteiger partial charge in [-0.2, -0.15) is 0 Å². The molecule has 5 nitrogen and oxygen atoms in total. The number of carbonyl (C=O) groups excluding carboxylic acids is 1. The summed E-state index contributed by atoms with van der Waals surface area (Å²) in [6.07, 6.45) is 0.910. The van der Waals surface area contributed by atoms with Gasteiger partial charge in [0, 0.05) is 20.1 Å². The monoisotopic (exact) mass is 268 g/mol. The van der Waals surface area contributed by atoms with Gasteiger partial charge in [0.1, 0.15) is 0 Å². The molecule has 18 heavy (non-hydrogen) atoms. The predicted octanol–water partition coefficient (Wildman–Crippen LogP) is 1.42. The van der Waals surface area contributed by atoms with Crippen molar-refractivity contribution in [3.8, 4) is 0 Å². The summed E-state index contributed by atoms with van der Waals surface area (Å²) in [5, 5.41) is 0.371. The van der Waals surface area contributed by atoms with Crippen LogP contribution in [0.25, 0.3) is 0 Å². The Labute approximate surface area is 112 Å². The molecule has 1 aliphatic heterocycles. The Balaban J connectivity index is 2.30. The van der Waals surface area contributed by atoms with E-state index in [0.717, 1.165) is 30.9 Å². The Kier molecular flexibility index (Phi) is 3.71. The minimum Gasteiger partial charge on any atom is -0.345 e. The topological polar surface area (TPSA) is 49.3 Å². The van der Waals surface area contributed by atoms with E-state index in [9.17, 15) is 4.79 Å². The highest BCUT2D eigenvalue weighted by atomic mass is 35.5. The van der Waals surface area contributed by atoms with E-state index in [1.165, 1.54) is 0 Å². The van der Waals surface area contributed by atoms with Crippen molar-refractivity contribution in [1.29, 1.82) is 0 Å². The average Bonchev–Trinajstić information content (AvgIpc) is 2.47. The molecular weight excluding hydrogens is 252 g/mol. The number of aromatic nitrogens is 2. The third-order valence-electron chi connectivity index (χ3n) is 3.22. The summed E-state index contributed by atoms with van der Waals surface area (Å²) in [5.41, 5.74) is 1.67. The SMILES string of the molecule is Cc1nc(Cl)c(N2CCCN(C)C(=O)C2)nc1C. The zero-order chi connectivity index (χ0) is 13.3. The highest BCUT2D eigenvalue weighted by Gasteiger charge is 2.22. The number of likely N-dealkylation sites (N-methyl/N-ethyl adjacent to an activating group) is 1. The highest BCUT2D eigenvalue weighted by molar-refractivity contribution is 6.31. The van der Waals surface area contributed by atoms with Gasteiger partial charge in [0.2, 0.25) is 5.91 Å². The number of carbonyl (C=O) groups is 1. The fraction of sp³-hybridized carbons (Fsp3) is 0.583. The summed E-state index contributed by atoms with van der Waals surface area (Å²) in [7, 11) is 1.82. The molecule has 0 bridgehead atoms. The summed E-state index contributed by atoms with van der Waals surface area (Å²) in [5.74, 6) is 0.701. The molecule has 0 aromatic carbocycles. The molecule has 0 N–H and O–H groups in total. The third kappa shape index (κ3) is 2.56. The Hall–Kier alpha value is -1.36. The van der Waals surface area contributed by atoms with E-state index in [1.54, 1.807) is 4.90 Å². The summed E-state index contributed by atoms with van der Waals surface area (Å²) in [6, 6.07) is 0. The van der Waals surface area contributed by atoms with Gasteiger partial charge < -0.3 is 9.80 Å². The molecule has 0 spiro atoms. The molecule has 0 unspecified atom stereocenters. The maximum atomic E-state index is 11.9. The molecule has 1 amide bonds. The Morgan fingerprint density at radius 1 is 1.17 bits per heavy atom. The van der Waals surface area contributed by atoms with E-state index in [2.05, 4.69) is 9.97 Å². The van der Waals surface area contributed by atoms with Crippen LogP contribution in [0.2, 0.25) is 5.15 Å². The number of hydrogen-bond acceptors (Lipinski definition) is 4. The van der Waals surface area contributed by atoms with E-state index in [-0.39, 0.29) is 5.91 Å². The van der Waals surface area contributed by atoms with Gasteiger partial charge in [-0.1, -0.05) is 11.6 Å². The lowest BCUT2D eigenvalue weighted by atomic mass is 10.3. The fourth-order valence-corrected chi connectivity index (χ4v) is 2.22. The molecule has 98 valence electrons. The molecule has 0 saturated carbocycles. The normalized spacial score (nSPS) is 17.0. The van der Waals surface area contributed by atoms with Gasteiger partial charge in [0.15, 0.2) is 11.0 Å². The lowest BCUT2D eigenvalue weighted by Gasteiger charge is -2.22. The van der Waals surface area contributed by atoms with Crippen LogP contribution >= 0.6 is 11.6 Å². The van der Waals surface area contributed by atoms with Gasteiger partial charge in [-0.05, 0) is 20.3 Å². The largest absolute Gasteiger partial charge is 0.345 e. The summed E-state index contributed by atoms with van der Waals surface area (Å²) in [6.45, 7) is 5.62. The van der Waals surface area contributed by atoms with Gasteiger partial charge in [0.05, 0.1) is 17.9 Å². The second-order valence-corrected chi connectivity index (χ2v) is 4.96. The van der Waals surface area contributed by atoms with Crippen LogP contribution in [0.3, 0.4) is 0 Å². The van der Waals surface area contributed by atoms with E-state index in [0.29, 0.717) is 17.5 Å². The van der Waals surface area contributed by atoms with Crippen molar-refractivity contribution in [2.75, 3.05) is 31.6 Å². The van der Waals surface area contributed by atoms with Crippen LogP contribution in [0, 0.1) is 13.8 Å². The lowest BCUT2D eigenvalue weighted by molar-refractivity contribution is -0.127. The number of aryl methyl sites for hydroxylation is 2. The molecule has 0 atom stereocenters. The van der Waals surface area contributed by atoms with Crippen LogP contribution < -0.4 is 4.90 Å². The molecule has 1 saturated heterocycles. The van der Waals surface area contributed by atoms with Crippen molar-refractivity contribution in [3.63, 3.8) is 0 Å². The average molecular weight is 269 g/mol. The van der Waals surface area contributed by atoms with Crippen LogP contribution in [-0.4, -0.2) is 47.5 Å². The quantitative estimate of drug-likeness (QED) is 0.773. The van der Waals surface area contributed by atoms with Crippen molar-refractivity contribution >= 4 is 23.3 Å². The molecular formula is C12H17ClN4O. The third-order valence-corrected chi connectivity index (χ3v) is 3.47. The van der Waals surface area contributed by atoms with E-state index in [4.69, 9.17) is 11.6 Å². The number of amides is 1. The molecule has 2 rings (SSSR count). The maximum Gasteiger partial charge on any atom is 0.241 e. The summed E-state index contributed by atoms with van der Waals surface area (Å²) >= 11 is 6.13. The zero-order valence-corrected chi connectivity index (χ0v) is 11.7. The van der Waals surface area contributed by atoms with Crippen molar-refractivity contribution < 1.29 is 4.79 Å². The van der Waals surface area contributed by atoms with E-state index in [1.807, 2.05) is 25.8 Å². The number of hydrogen-bond donors (Lipinski definition) is 0. The number of anilines is 1. The molecule has 1 aromatic rings. The standard InChI is InChI=1S/C12H17ClN4O/c1-8-9(2)15-12(11(13)14-8)17-6-4-5-16(3)10(18)7-17/h4-7H2,1-3H3. The Morgan fingerprint density at radius 2 is 1.83 bits per heavy atom. The minimum absolute atomic E-state index is 0.0867. The Bertz CT molecular complexity index is 477. The molecule has 6 heteroatoms. The number of halogens is 1. The van der Waals surface area contributed by atoms with Crippen LogP contribution in [0.5, 0.6) is 0 Å². The highest BCUT2D eigenvalue weighted by Crippen LogP contribution is 2.23. The van der Waals surface area contributed by atoms with Gasteiger partial charge >= 0.3 is 0 Å². The molecule has 1 fully saturated rings. The fourth-order valence-electron chi connectivity index (χ4n) is 1.93. The van der Waals surface area contributed by atoms with E-state index < -0.39 is 0 Å². The summed E-state index contributed by atoms with van der Waals surface area (Å²) < 4.78 is 0. The molecule has 0 aliphatic carbocycles. The van der Waals surface area contributed by atoms with Crippen LogP contribution in [0.15, 0.2) is 0 Å².